The van der Waals surface area contributed by atoms with E-state index in [2.05, 4.69) is 10.3 Å². The van der Waals surface area contributed by atoms with Crippen LogP contribution in [0.4, 0.5) is 5.69 Å². The second kappa shape index (κ2) is 2.62. The summed E-state index contributed by atoms with van der Waals surface area (Å²) in [6, 6.07) is 3.61. The van der Waals surface area contributed by atoms with Crippen LogP contribution in [0.2, 0.25) is 0 Å². The minimum Gasteiger partial charge on any atom is -0.495 e. The fraction of sp³-hybridized carbons (Fsp3) is 0.250. The molecule has 0 radical (unpaired) electrons. The molecule has 0 saturated heterocycles. The fourth-order valence-electron chi connectivity index (χ4n) is 1.34. The molecule has 5 heteroatoms. The number of aryl methyl sites for hydroxylation is 1. The van der Waals surface area contributed by atoms with Crippen molar-refractivity contribution in [3.8, 4) is 5.75 Å². The van der Waals surface area contributed by atoms with Gasteiger partial charge in [0.25, 0.3) is 0 Å². The van der Waals surface area contributed by atoms with E-state index in [1.165, 1.54) is 0 Å². The molecule has 0 atom stereocenters. The highest BCUT2D eigenvalue weighted by atomic mass is 16.5. The molecule has 0 aliphatic rings. The molecule has 0 spiro atoms. The summed E-state index contributed by atoms with van der Waals surface area (Å²) in [4.78, 5) is 0. The van der Waals surface area contributed by atoms with Crippen molar-refractivity contribution in [3.05, 3.63) is 12.1 Å². The second-order valence-electron chi connectivity index (χ2n) is 2.76. The minimum atomic E-state index is 0.576. The Morgan fingerprint density at radius 3 is 2.92 bits per heavy atom. The van der Waals surface area contributed by atoms with Crippen LogP contribution >= 0.6 is 0 Å². The topological polar surface area (TPSA) is 66.0 Å². The van der Waals surface area contributed by atoms with E-state index in [-0.39, 0.29) is 0 Å². The number of benzene rings is 1. The molecule has 2 aromatic rings. The van der Waals surface area contributed by atoms with E-state index in [9.17, 15) is 0 Å². The Bertz CT molecular complexity index is 449. The molecule has 2 N–H and O–H groups in total. The number of aromatic nitrogens is 3. The van der Waals surface area contributed by atoms with Gasteiger partial charge in [0.15, 0.2) is 0 Å². The molecule has 0 unspecified atom stereocenters. The van der Waals surface area contributed by atoms with Crippen LogP contribution in [0.15, 0.2) is 12.1 Å². The van der Waals surface area contributed by atoms with E-state index in [0.29, 0.717) is 11.4 Å². The molecule has 2 rings (SSSR count). The standard InChI is InChI=1S/C8H10N4O/c1-12-8-5(10-11-12)3-4-6(13-2)7(8)9/h3-4H,9H2,1-2H3. The van der Waals surface area contributed by atoms with Gasteiger partial charge < -0.3 is 10.5 Å². The third-order valence-corrected chi connectivity index (χ3v) is 1.99. The first-order valence-electron chi connectivity index (χ1n) is 3.86. The predicted octanol–water partition coefficient (Wildman–Crippen LogP) is 0.559. The average molecular weight is 178 g/mol. The molecule has 1 heterocycles. The van der Waals surface area contributed by atoms with Crippen LogP contribution in [-0.2, 0) is 7.05 Å². The van der Waals surface area contributed by atoms with Crippen LogP contribution < -0.4 is 10.5 Å². The van der Waals surface area contributed by atoms with E-state index in [1.54, 1.807) is 24.9 Å². The molecule has 0 fully saturated rings. The van der Waals surface area contributed by atoms with Crippen LogP contribution in [0.1, 0.15) is 0 Å². The molecule has 0 amide bonds. The van der Waals surface area contributed by atoms with Crippen LogP contribution in [0.3, 0.4) is 0 Å². The Morgan fingerprint density at radius 1 is 1.46 bits per heavy atom. The molecule has 0 aliphatic carbocycles. The fourth-order valence-corrected chi connectivity index (χ4v) is 1.34. The Morgan fingerprint density at radius 2 is 2.23 bits per heavy atom. The smallest absolute Gasteiger partial charge is 0.144 e. The molecule has 0 saturated carbocycles. The summed E-state index contributed by atoms with van der Waals surface area (Å²) < 4.78 is 6.72. The Kier molecular flexibility index (Phi) is 1.58. The van der Waals surface area contributed by atoms with E-state index in [1.807, 2.05) is 6.07 Å². The highest BCUT2D eigenvalue weighted by molar-refractivity contribution is 5.90. The Labute approximate surface area is 75.1 Å². The summed E-state index contributed by atoms with van der Waals surface area (Å²) in [6.45, 7) is 0. The molecule has 0 bridgehead atoms. The van der Waals surface area contributed by atoms with Gasteiger partial charge in [-0.05, 0) is 12.1 Å². The number of nitrogens with two attached hydrogens (primary N) is 1. The normalized spacial score (nSPS) is 10.6. The van der Waals surface area contributed by atoms with Gasteiger partial charge in [0.2, 0.25) is 0 Å². The lowest BCUT2D eigenvalue weighted by molar-refractivity contribution is 0.417. The van der Waals surface area contributed by atoms with Crippen molar-refractivity contribution >= 4 is 16.7 Å². The van der Waals surface area contributed by atoms with E-state index in [4.69, 9.17) is 10.5 Å². The lowest BCUT2D eigenvalue weighted by Crippen LogP contribution is -1.97. The van der Waals surface area contributed by atoms with Crippen LogP contribution in [0.5, 0.6) is 5.75 Å². The van der Waals surface area contributed by atoms with Gasteiger partial charge in [-0.15, -0.1) is 5.10 Å². The minimum absolute atomic E-state index is 0.576. The van der Waals surface area contributed by atoms with Gasteiger partial charge in [-0.25, -0.2) is 4.68 Å². The zero-order chi connectivity index (χ0) is 9.42. The number of nitrogens with zero attached hydrogens (tertiary/aromatic N) is 3. The van der Waals surface area contributed by atoms with Gasteiger partial charge in [-0.3, -0.25) is 0 Å². The molecular formula is C8H10N4O. The molecule has 0 aliphatic heterocycles. The summed E-state index contributed by atoms with van der Waals surface area (Å²) in [5, 5.41) is 7.79. The second-order valence-corrected chi connectivity index (χ2v) is 2.76. The maximum Gasteiger partial charge on any atom is 0.144 e. The zero-order valence-corrected chi connectivity index (χ0v) is 7.48. The first-order valence-corrected chi connectivity index (χ1v) is 3.86. The lowest BCUT2D eigenvalue weighted by atomic mass is 10.2. The average Bonchev–Trinajstić information content (AvgIpc) is 2.49. The Hall–Kier alpha value is -1.78. The summed E-state index contributed by atoms with van der Waals surface area (Å²) in [7, 11) is 3.38. The number of fused-ring (bicyclic) bond motifs is 1. The van der Waals surface area contributed by atoms with E-state index >= 15 is 0 Å². The van der Waals surface area contributed by atoms with Gasteiger partial charge in [0.05, 0.1) is 7.11 Å². The third kappa shape index (κ3) is 1.00. The zero-order valence-electron chi connectivity index (χ0n) is 7.48. The molecule has 13 heavy (non-hydrogen) atoms. The summed E-state index contributed by atoms with van der Waals surface area (Å²) in [5.41, 5.74) is 8.01. The highest BCUT2D eigenvalue weighted by Crippen LogP contribution is 2.28. The number of hydrogen-bond acceptors (Lipinski definition) is 4. The van der Waals surface area contributed by atoms with Crippen LogP contribution in [-0.4, -0.2) is 22.1 Å². The van der Waals surface area contributed by atoms with Crippen LogP contribution in [0.25, 0.3) is 11.0 Å². The molecular weight excluding hydrogens is 168 g/mol. The van der Waals surface area contributed by atoms with Gasteiger partial charge in [0.1, 0.15) is 22.5 Å². The van der Waals surface area contributed by atoms with Crippen molar-refractivity contribution in [3.63, 3.8) is 0 Å². The van der Waals surface area contributed by atoms with Crippen molar-refractivity contribution in [1.82, 2.24) is 15.0 Å². The SMILES string of the molecule is COc1ccc2nnn(C)c2c1N. The number of anilines is 1. The van der Waals surface area contributed by atoms with E-state index in [0.717, 1.165) is 11.0 Å². The van der Waals surface area contributed by atoms with Gasteiger partial charge >= 0.3 is 0 Å². The van der Waals surface area contributed by atoms with Crippen molar-refractivity contribution < 1.29 is 4.74 Å². The summed E-state index contributed by atoms with van der Waals surface area (Å²) in [6.07, 6.45) is 0. The predicted molar refractivity (Wildman–Crippen MR) is 49.5 cm³/mol. The molecule has 1 aromatic heterocycles. The maximum absolute atomic E-state index is 5.85. The van der Waals surface area contributed by atoms with Crippen LogP contribution in [0, 0.1) is 0 Å². The number of hydrogen-bond donors (Lipinski definition) is 1. The first-order chi connectivity index (χ1) is 6.24. The summed E-state index contributed by atoms with van der Waals surface area (Å²) >= 11 is 0. The quantitative estimate of drug-likeness (QED) is 0.648. The monoisotopic (exact) mass is 178 g/mol. The number of ether oxygens (including phenoxy) is 1. The van der Waals surface area contributed by atoms with Gasteiger partial charge in [-0.2, -0.15) is 0 Å². The molecule has 68 valence electrons. The van der Waals surface area contributed by atoms with Gasteiger partial charge in [0, 0.05) is 7.05 Å². The highest BCUT2D eigenvalue weighted by Gasteiger charge is 2.09. The number of rotatable bonds is 1. The van der Waals surface area contributed by atoms with Crippen molar-refractivity contribution in [2.24, 2.45) is 7.05 Å². The Balaban J connectivity index is 2.83. The van der Waals surface area contributed by atoms with Crippen molar-refractivity contribution in [2.45, 2.75) is 0 Å². The van der Waals surface area contributed by atoms with Gasteiger partial charge in [-0.1, -0.05) is 5.21 Å². The van der Waals surface area contributed by atoms with E-state index < -0.39 is 0 Å². The maximum atomic E-state index is 5.85. The van der Waals surface area contributed by atoms with Crippen molar-refractivity contribution in [2.75, 3.05) is 12.8 Å². The first kappa shape index (κ1) is 7.85. The third-order valence-electron chi connectivity index (χ3n) is 1.99. The largest absolute Gasteiger partial charge is 0.495 e. The summed E-state index contributed by atoms with van der Waals surface area (Å²) in [5.74, 6) is 0.651. The number of methoxy groups -OCH3 is 1. The molecule has 5 nitrogen and oxygen atoms in total. The van der Waals surface area contributed by atoms with Crippen molar-refractivity contribution in [1.29, 1.82) is 0 Å². The lowest BCUT2D eigenvalue weighted by Gasteiger charge is -2.04. The number of nitrogen functional groups attached to an aromatic ring is 1. The molecule has 1 aromatic carbocycles.